The van der Waals surface area contributed by atoms with Crippen molar-refractivity contribution in [3.05, 3.63) is 131 Å². The summed E-state index contributed by atoms with van der Waals surface area (Å²) in [7, 11) is 0. The first-order chi connectivity index (χ1) is 26.0. The van der Waals surface area contributed by atoms with Crippen molar-refractivity contribution in [3.8, 4) is 22.3 Å². The van der Waals surface area contributed by atoms with E-state index >= 15 is 0 Å². The summed E-state index contributed by atoms with van der Waals surface area (Å²) in [5.74, 6) is 2.38. The third kappa shape index (κ3) is 11.3. The zero-order chi connectivity index (χ0) is 36.6. The molecular formula is C51H60Cl2SiZr-2. The van der Waals surface area contributed by atoms with Crippen LogP contribution in [-0.4, -0.2) is 5.43 Å². The minimum Gasteiger partial charge on any atom is -1.00 e. The molecule has 0 radical (unpaired) electrons. The standard InChI is InChI=1S/C26H29.C23H25.C2H6Si.2ClH.Zr/c1-2-7-19(8-3-1)21-13-15-22(16-14-21)25-12-6-11-23-17-24(18-26(23)25)20-9-4-5-10-20;1-2-17-15-21-9-6-10-22(23(21)16-17)20-13-11-19(12-14-20)18-7-4-3-5-8-18;1-3-2;;;/h6,11-20H,1-5,7-10H2;6,9-16,18H,2-5,7-8H2,1H3;1-2H3;2*1H;/q2*-1;;;;+2/p-2. The molecule has 6 aromatic rings. The molecule has 9 rings (SSSR count). The summed E-state index contributed by atoms with van der Waals surface area (Å²) in [5.41, 5.74) is 11.8. The molecule has 3 aliphatic rings. The van der Waals surface area contributed by atoms with E-state index in [2.05, 4.69) is 129 Å². The third-order valence-electron chi connectivity index (χ3n) is 12.4. The average Bonchev–Trinajstić information content (AvgIpc) is 3.99. The molecule has 3 saturated carbocycles. The van der Waals surface area contributed by atoms with Gasteiger partial charge < -0.3 is 24.8 Å². The molecule has 0 aliphatic heterocycles. The summed E-state index contributed by atoms with van der Waals surface area (Å²) < 4.78 is 0. The molecular weight excluding hydrogens is 803 g/mol. The Labute approximate surface area is 360 Å². The molecule has 0 aromatic heterocycles. The van der Waals surface area contributed by atoms with E-state index in [0.29, 0.717) is 0 Å². The molecule has 6 aromatic carbocycles. The summed E-state index contributed by atoms with van der Waals surface area (Å²) in [6.07, 6.45) is 20.6. The second kappa shape index (κ2) is 21.5. The summed E-state index contributed by atoms with van der Waals surface area (Å²) in [6.45, 7) is 6.85. The van der Waals surface area contributed by atoms with Crippen molar-refractivity contribution in [1.29, 1.82) is 0 Å². The zero-order valence-electron chi connectivity index (χ0n) is 33.5. The van der Waals surface area contributed by atoms with E-state index in [1.165, 1.54) is 145 Å². The molecule has 0 bridgehead atoms. The van der Waals surface area contributed by atoms with Crippen LogP contribution in [0.4, 0.5) is 0 Å². The van der Waals surface area contributed by atoms with Gasteiger partial charge in [0, 0.05) is 0 Å². The van der Waals surface area contributed by atoms with Crippen molar-refractivity contribution >= 4 is 27.0 Å². The summed E-state index contributed by atoms with van der Waals surface area (Å²) >= 11 is 1.74. The maximum Gasteiger partial charge on any atom is -0.0162 e. The van der Waals surface area contributed by atoms with E-state index in [4.69, 9.17) is 0 Å². The number of rotatable bonds is 6. The number of hydrogen-bond acceptors (Lipinski definition) is 0. The van der Waals surface area contributed by atoms with Crippen LogP contribution in [0.5, 0.6) is 0 Å². The third-order valence-corrected chi connectivity index (χ3v) is 12.4. The molecule has 3 aliphatic carbocycles. The first kappa shape index (κ1) is 43.9. The molecule has 0 nitrogen and oxygen atoms in total. The molecule has 0 unspecified atom stereocenters. The maximum absolute atomic E-state index is 2.48. The Morgan fingerprint density at radius 3 is 1.38 bits per heavy atom. The normalized spacial score (nSPS) is 16.4. The number of benzene rings is 4. The van der Waals surface area contributed by atoms with Crippen molar-refractivity contribution in [2.45, 2.75) is 134 Å². The van der Waals surface area contributed by atoms with E-state index in [1.54, 1.807) is 34.5 Å². The van der Waals surface area contributed by atoms with Gasteiger partial charge in [-0.25, -0.2) is 0 Å². The van der Waals surface area contributed by atoms with Gasteiger partial charge in [0.1, 0.15) is 0 Å². The van der Waals surface area contributed by atoms with E-state index < -0.39 is 0 Å². The summed E-state index contributed by atoms with van der Waals surface area (Å²) in [6, 6.07) is 42.0. The second-order valence-corrected chi connectivity index (χ2v) is 25.9. The van der Waals surface area contributed by atoms with Crippen molar-refractivity contribution in [1.82, 2.24) is 0 Å². The van der Waals surface area contributed by atoms with Gasteiger partial charge in [-0.3, -0.25) is 0 Å². The van der Waals surface area contributed by atoms with Crippen molar-refractivity contribution in [3.63, 3.8) is 0 Å². The van der Waals surface area contributed by atoms with Crippen LogP contribution >= 0.6 is 0 Å². The van der Waals surface area contributed by atoms with Crippen molar-refractivity contribution < 1.29 is 48.1 Å². The quantitative estimate of drug-likeness (QED) is 0.116. The van der Waals surface area contributed by atoms with Crippen LogP contribution < -0.4 is 24.8 Å². The first-order valence-electron chi connectivity index (χ1n) is 21.1. The van der Waals surface area contributed by atoms with E-state index in [0.717, 1.165) is 24.2 Å². The van der Waals surface area contributed by atoms with Crippen LogP contribution in [-0.2, 0) is 29.8 Å². The van der Waals surface area contributed by atoms with Gasteiger partial charge in [0.2, 0.25) is 0 Å². The molecule has 288 valence electrons. The summed E-state index contributed by atoms with van der Waals surface area (Å²) in [4.78, 5) is 0. The Morgan fingerprint density at radius 1 is 0.527 bits per heavy atom. The van der Waals surface area contributed by atoms with Crippen LogP contribution in [0.2, 0.25) is 13.1 Å². The van der Waals surface area contributed by atoms with Crippen LogP contribution in [0.15, 0.2) is 109 Å². The fourth-order valence-corrected chi connectivity index (χ4v) is 9.50. The van der Waals surface area contributed by atoms with E-state index in [9.17, 15) is 0 Å². The van der Waals surface area contributed by atoms with Crippen molar-refractivity contribution in [2.24, 2.45) is 0 Å². The zero-order valence-corrected chi connectivity index (χ0v) is 38.5. The fraction of sp³-hybridized carbons (Fsp3) is 0.412. The number of aryl methyl sites for hydroxylation is 1. The Bertz CT molecular complexity index is 2060. The minimum absolute atomic E-state index is 0. The molecule has 4 heteroatoms. The van der Waals surface area contributed by atoms with Crippen LogP contribution in [0.3, 0.4) is 0 Å². The van der Waals surface area contributed by atoms with Gasteiger partial charge in [-0.1, -0.05) is 130 Å². The van der Waals surface area contributed by atoms with Crippen LogP contribution in [0.1, 0.15) is 137 Å². The molecule has 3 fully saturated rings. The second-order valence-electron chi connectivity index (χ2n) is 16.5. The maximum atomic E-state index is 2.48. The van der Waals surface area contributed by atoms with Gasteiger partial charge >= 0.3 is 41.9 Å². The predicted molar refractivity (Wildman–Crippen MR) is 230 cm³/mol. The number of fused-ring (bicyclic) bond motifs is 2. The fourth-order valence-electron chi connectivity index (χ4n) is 9.50. The SMILES string of the molecule is CCc1cc2c(-c3ccc(C4CCCCC4)cc3)cccc2[cH-]1.C[Si](C)=[Zr+2].[Cl-].[Cl-].c1cc(-c2ccc(C3CCCCC3)cc2)c2cc(C3CCCC3)[cH-]c2c1. The van der Waals surface area contributed by atoms with Crippen LogP contribution in [0.25, 0.3) is 43.8 Å². The Balaban J connectivity index is 0.000000187. The number of hydrogen-bond donors (Lipinski definition) is 0. The smallest absolute Gasteiger partial charge is 0.0162 e. The Morgan fingerprint density at radius 2 is 0.927 bits per heavy atom. The molecule has 0 spiro atoms. The predicted octanol–water partition coefficient (Wildman–Crippen LogP) is 9.56. The first-order valence-corrected chi connectivity index (χ1v) is 27.3. The van der Waals surface area contributed by atoms with Gasteiger partial charge in [0.05, 0.1) is 0 Å². The topological polar surface area (TPSA) is 0 Å². The molecule has 0 atom stereocenters. The van der Waals surface area contributed by atoms with Crippen molar-refractivity contribution in [2.75, 3.05) is 0 Å². The monoisotopic (exact) mass is 860 g/mol. The molecule has 0 N–H and O–H groups in total. The largest absolute Gasteiger partial charge is 1.00 e. The molecule has 0 saturated heterocycles. The van der Waals surface area contributed by atoms with Gasteiger partial charge in [0.15, 0.2) is 0 Å². The Kier molecular flexibility index (Phi) is 17.2. The minimum atomic E-state index is 0. The van der Waals surface area contributed by atoms with Gasteiger partial charge in [-0.05, 0) is 85.0 Å². The average molecular weight is 863 g/mol. The molecule has 55 heavy (non-hydrogen) atoms. The van der Waals surface area contributed by atoms with E-state index in [-0.39, 0.29) is 30.2 Å². The molecule has 0 heterocycles. The molecule has 0 amide bonds. The van der Waals surface area contributed by atoms with Crippen LogP contribution in [0, 0.1) is 0 Å². The Hall–Kier alpha value is -2.22. The van der Waals surface area contributed by atoms with Gasteiger partial charge in [0.25, 0.3) is 0 Å². The number of halogens is 2. The van der Waals surface area contributed by atoms with Gasteiger partial charge in [-0.15, -0.1) is 69.1 Å². The van der Waals surface area contributed by atoms with E-state index in [1.807, 2.05) is 0 Å². The summed E-state index contributed by atoms with van der Waals surface area (Å²) in [5, 5.41) is 5.63. The van der Waals surface area contributed by atoms with Gasteiger partial charge in [-0.2, -0.15) is 12.1 Å².